The molecule has 0 amide bonds. The lowest BCUT2D eigenvalue weighted by Crippen LogP contribution is -2.43. The van der Waals surface area contributed by atoms with Crippen LogP contribution in [0.3, 0.4) is 0 Å². The third-order valence-electron chi connectivity index (χ3n) is 5.38. The van der Waals surface area contributed by atoms with Crippen molar-refractivity contribution in [2.75, 3.05) is 6.54 Å². The molecule has 0 N–H and O–H groups in total. The molecule has 0 radical (unpaired) electrons. The van der Waals surface area contributed by atoms with Crippen molar-refractivity contribution in [3.05, 3.63) is 70.3 Å². The van der Waals surface area contributed by atoms with Gasteiger partial charge in [0.25, 0.3) is 0 Å². The minimum atomic E-state index is 0.212. The molecule has 2 aromatic carbocycles. The first-order valence-electron chi connectivity index (χ1n) is 8.81. The number of hydrogen-bond acceptors (Lipinski definition) is 3. The molecule has 126 valence electrons. The van der Waals surface area contributed by atoms with Gasteiger partial charge >= 0.3 is 0 Å². The van der Waals surface area contributed by atoms with E-state index in [0.29, 0.717) is 6.04 Å². The van der Waals surface area contributed by atoms with E-state index in [1.54, 1.807) is 0 Å². The number of hydrogen-bond donors (Lipinski definition) is 0. The fraction of sp³-hybridized carbons (Fsp3) is 0.300. The second-order valence-corrected chi connectivity index (χ2v) is 7.78. The lowest BCUT2D eigenvalue weighted by molar-refractivity contribution is 0.147. The summed E-state index contributed by atoms with van der Waals surface area (Å²) < 4.78 is 3.26. The molecule has 0 spiro atoms. The Balaban J connectivity index is 1.71. The Morgan fingerprint density at radius 1 is 1.04 bits per heavy atom. The van der Waals surface area contributed by atoms with Gasteiger partial charge in [-0.2, -0.15) is 0 Å². The van der Waals surface area contributed by atoms with E-state index in [-0.39, 0.29) is 6.04 Å². The summed E-state index contributed by atoms with van der Waals surface area (Å²) in [5.74, 6) is 0. The zero-order valence-corrected chi connectivity index (χ0v) is 15.4. The predicted molar refractivity (Wildman–Crippen MR) is 101 cm³/mol. The van der Waals surface area contributed by atoms with E-state index in [9.17, 15) is 0 Å². The normalized spacial score (nSPS) is 22.6. The molecule has 0 unspecified atom stereocenters. The molecule has 5 heteroatoms. The maximum atomic E-state index is 4.57. The molecule has 4 nitrogen and oxygen atoms in total. The lowest BCUT2D eigenvalue weighted by Gasteiger charge is -2.38. The van der Waals surface area contributed by atoms with Crippen molar-refractivity contribution in [2.45, 2.75) is 31.5 Å². The maximum Gasteiger partial charge on any atom is 0.118 e. The third-order valence-corrected chi connectivity index (χ3v) is 5.88. The smallest absolute Gasteiger partial charge is 0.118 e. The summed E-state index contributed by atoms with van der Waals surface area (Å²) in [4.78, 5) is 2.65. The Morgan fingerprint density at radius 2 is 1.92 bits per heavy atom. The third kappa shape index (κ3) is 2.53. The van der Waals surface area contributed by atoms with Crippen LogP contribution in [0.4, 0.5) is 0 Å². The van der Waals surface area contributed by atoms with Gasteiger partial charge in [0.1, 0.15) is 5.69 Å². The molecule has 0 aliphatic carbocycles. The Morgan fingerprint density at radius 3 is 2.76 bits per heavy atom. The van der Waals surface area contributed by atoms with E-state index in [2.05, 4.69) is 84.4 Å². The van der Waals surface area contributed by atoms with E-state index in [1.807, 2.05) is 6.07 Å². The summed E-state index contributed by atoms with van der Waals surface area (Å²) in [6, 6.07) is 19.9. The Kier molecular flexibility index (Phi) is 3.71. The van der Waals surface area contributed by atoms with Gasteiger partial charge in [0.05, 0.1) is 18.3 Å². The minimum Gasteiger partial charge on any atom is -0.286 e. The van der Waals surface area contributed by atoms with Gasteiger partial charge in [0.15, 0.2) is 0 Å². The summed E-state index contributed by atoms with van der Waals surface area (Å²) in [7, 11) is 0. The van der Waals surface area contributed by atoms with Gasteiger partial charge in [-0.25, -0.2) is 4.68 Å². The van der Waals surface area contributed by atoms with Crippen LogP contribution in [0, 0.1) is 0 Å². The first kappa shape index (κ1) is 15.3. The number of benzene rings is 2. The van der Waals surface area contributed by atoms with Crippen molar-refractivity contribution in [1.82, 2.24) is 19.9 Å². The van der Waals surface area contributed by atoms with Crippen molar-refractivity contribution >= 4 is 15.9 Å². The van der Waals surface area contributed by atoms with E-state index in [1.165, 1.54) is 24.1 Å². The Hall–Kier alpha value is -1.98. The summed E-state index contributed by atoms with van der Waals surface area (Å²) in [6.45, 7) is 2.08. The van der Waals surface area contributed by atoms with Crippen LogP contribution in [-0.2, 0) is 6.54 Å². The molecule has 3 aromatic rings. The van der Waals surface area contributed by atoms with Crippen LogP contribution in [0.25, 0.3) is 11.3 Å². The SMILES string of the molecule is Brc1cccc([C@H]2c3c(-c4ccccc4)nnn3C[C@@H]3CCCN32)c1. The van der Waals surface area contributed by atoms with Crippen molar-refractivity contribution in [1.29, 1.82) is 0 Å². The highest BCUT2D eigenvalue weighted by molar-refractivity contribution is 9.10. The average Bonchev–Trinajstić information content (AvgIpc) is 3.27. The first-order valence-corrected chi connectivity index (χ1v) is 9.60. The van der Waals surface area contributed by atoms with E-state index in [4.69, 9.17) is 0 Å². The van der Waals surface area contributed by atoms with Gasteiger partial charge in [-0.1, -0.05) is 63.6 Å². The highest BCUT2D eigenvalue weighted by Gasteiger charge is 2.41. The van der Waals surface area contributed by atoms with Crippen molar-refractivity contribution in [3.63, 3.8) is 0 Å². The number of rotatable bonds is 2. The molecule has 0 saturated carbocycles. The van der Waals surface area contributed by atoms with Crippen molar-refractivity contribution < 1.29 is 0 Å². The fourth-order valence-corrected chi connectivity index (χ4v) is 4.72. The van der Waals surface area contributed by atoms with Crippen LogP contribution < -0.4 is 0 Å². The van der Waals surface area contributed by atoms with Gasteiger partial charge in [-0.05, 0) is 37.1 Å². The molecule has 1 fully saturated rings. The van der Waals surface area contributed by atoms with Crippen LogP contribution in [0.5, 0.6) is 0 Å². The molecule has 0 bridgehead atoms. The zero-order chi connectivity index (χ0) is 16.8. The van der Waals surface area contributed by atoms with E-state index in [0.717, 1.165) is 28.8 Å². The number of halogens is 1. The number of nitrogens with zero attached hydrogens (tertiary/aromatic N) is 4. The van der Waals surface area contributed by atoms with E-state index >= 15 is 0 Å². The quantitative estimate of drug-likeness (QED) is 0.650. The Labute approximate surface area is 155 Å². The molecule has 2 atom stereocenters. The molecule has 25 heavy (non-hydrogen) atoms. The summed E-state index contributed by atoms with van der Waals surface area (Å²) >= 11 is 3.64. The highest BCUT2D eigenvalue weighted by atomic mass is 79.9. The molecule has 1 aromatic heterocycles. The van der Waals surface area contributed by atoms with Gasteiger partial charge in [-0.3, -0.25) is 4.90 Å². The van der Waals surface area contributed by atoms with Crippen LogP contribution in [-0.4, -0.2) is 32.5 Å². The topological polar surface area (TPSA) is 34.0 Å². The first-order chi connectivity index (χ1) is 12.3. The molecular weight excluding hydrogens is 376 g/mol. The molecule has 1 saturated heterocycles. The molecular formula is C20H19BrN4. The summed E-state index contributed by atoms with van der Waals surface area (Å²) in [5.41, 5.74) is 4.68. The summed E-state index contributed by atoms with van der Waals surface area (Å²) in [6.07, 6.45) is 2.50. The molecule has 2 aliphatic rings. The molecule has 3 heterocycles. The largest absolute Gasteiger partial charge is 0.286 e. The number of aromatic nitrogens is 3. The monoisotopic (exact) mass is 394 g/mol. The maximum absolute atomic E-state index is 4.57. The standard InChI is InChI=1S/C20H19BrN4/c21-16-9-4-8-15(12-16)19-20-18(14-6-2-1-3-7-14)22-23-25(20)13-17-10-5-11-24(17)19/h1-4,6-9,12,17,19H,5,10-11,13H2/t17-,19-/m0/s1. The van der Waals surface area contributed by atoms with Gasteiger partial charge in [0, 0.05) is 16.1 Å². The van der Waals surface area contributed by atoms with Gasteiger partial charge < -0.3 is 0 Å². The Bertz CT molecular complexity index is 905. The van der Waals surface area contributed by atoms with Crippen LogP contribution in [0.1, 0.15) is 30.1 Å². The second kappa shape index (κ2) is 6.07. The van der Waals surface area contributed by atoms with Gasteiger partial charge in [-0.15, -0.1) is 5.10 Å². The zero-order valence-electron chi connectivity index (χ0n) is 13.8. The average molecular weight is 395 g/mol. The minimum absolute atomic E-state index is 0.212. The summed E-state index contributed by atoms with van der Waals surface area (Å²) in [5, 5.41) is 9.09. The highest BCUT2D eigenvalue weighted by Crippen LogP contribution is 2.42. The molecule has 5 rings (SSSR count). The van der Waals surface area contributed by atoms with Crippen LogP contribution >= 0.6 is 15.9 Å². The molecule has 2 aliphatic heterocycles. The predicted octanol–water partition coefficient (Wildman–Crippen LogP) is 4.28. The lowest BCUT2D eigenvalue weighted by atomic mass is 9.95. The van der Waals surface area contributed by atoms with Crippen molar-refractivity contribution in [2.24, 2.45) is 0 Å². The van der Waals surface area contributed by atoms with Gasteiger partial charge in [0.2, 0.25) is 0 Å². The van der Waals surface area contributed by atoms with Crippen LogP contribution in [0.15, 0.2) is 59.1 Å². The second-order valence-electron chi connectivity index (χ2n) is 6.86. The fourth-order valence-electron chi connectivity index (χ4n) is 4.30. The van der Waals surface area contributed by atoms with E-state index < -0.39 is 0 Å². The van der Waals surface area contributed by atoms with Crippen LogP contribution in [0.2, 0.25) is 0 Å². The number of fused-ring (bicyclic) bond motifs is 2. The van der Waals surface area contributed by atoms with Crippen molar-refractivity contribution in [3.8, 4) is 11.3 Å².